The highest BCUT2D eigenvalue weighted by Gasteiger charge is 2.18. The van der Waals surface area contributed by atoms with Crippen LogP contribution in [0.4, 0.5) is 10.1 Å². The van der Waals surface area contributed by atoms with Gasteiger partial charge >= 0.3 is 5.97 Å². The lowest BCUT2D eigenvalue weighted by molar-refractivity contribution is 0.0597. The Morgan fingerprint density at radius 1 is 1.00 bits per heavy atom. The quantitative estimate of drug-likeness (QED) is 0.548. The number of benzene rings is 3. The fourth-order valence-corrected chi connectivity index (χ4v) is 3.76. The number of phenolic OH excluding ortho intramolecular Hbond substituents is 2. The van der Waals surface area contributed by atoms with Gasteiger partial charge in [0, 0.05) is 11.6 Å². The van der Waals surface area contributed by atoms with Crippen molar-refractivity contribution in [3.05, 3.63) is 72.0 Å². The number of carbonyl (C=O) groups excluding carboxylic acids is 1. The maximum absolute atomic E-state index is 13.5. The van der Waals surface area contributed by atoms with Crippen molar-refractivity contribution >= 4 is 21.7 Å². The van der Waals surface area contributed by atoms with Gasteiger partial charge in [0.15, 0.2) is 0 Å². The van der Waals surface area contributed by atoms with Gasteiger partial charge in [0.25, 0.3) is 10.0 Å². The number of nitrogens with one attached hydrogen (secondary N) is 1. The third-order valence-corrected chi connectivity index (χ3v) is 5.45. The van der Waals surface area contributed by atoms with Gasteiger partial charge in [-0.15, -0.1) is 0 Å². The number of carbonyl (C=O) groups is 1. The summed E-state index contributed by atoms with van der Waals surface area (Å²) in [5.74, 6) is -1.99. The third-order valence-electron chi connectivity index (χ3n) is 4.07. The monoisotopic (exact) mass is 417 g/mol. The number of phenols is 2. The topological polar surface area (TPSA) is 113 Å². The lowest BCUT2D eigenvalue weighted by atomic mass is 10.0. The molecule has 0 amide bonds. The summed E-state index contributed by atoms with van der Waals surface area (Å²) in [6.07, 6.45) is 0. The zero-order valence-corrected chi connectivity index (χ0v) is 15.9. The van der Waals surface area contributed by atoms with Crippen molar-refractivity contribution in [2.24, 2.45) is 0 Å². The number of hydrogen-bond donors (Lipinski definition) is 3. The molecule has 150 valence electrons. The number of rotatable bonds is 5. The van der Waals surface area contributed by atoms with E-state index in [2.05, 4.69) is 9.46 Å². The van der Waals surface area contributed by atoms with Gasteiger partial charge in [-0.25, -0.2) is 17.6 Å². The normalized spacial score (nSPS) is 11.1. The number of ether oxygens (including phenoxy) is 1. The SMILES string of the molecule is COC(=O)c1ccc(NS(=O)(=O)c2cccc(-c3cc(F)ccc3O)c2)cc1O. The zero-order chi connectivity index (χ0) is 21.2. The van der Waals surface area contributed by atoms with Crippen LogP contribution >= 0.6 is 0 Å². The van der Waals surface area contributed by atoms with Crippen molar-refractivity contribution < 1.29 is 32.6 Å². The van der Waals surface area contributed by atoms with Crippen LogP contribution in [-0.4, -0.2) is 31.7 Å². The van der Waals surface area contributed by atoms with E-state index < -0.39 is 27.6 Å². The minimum Gasteiger partial charge on any atom is -0.507 e. The van der Waals surface area contributed by atoms with E-state index in [4.69, 9.17) is 0 Å². The fourth-order valence-electron chi connectivity index (χ4n) is 2.66. The van der Waals surface area contributed by atoms with Crippen LogP contribution in [0.25, 0.3) is 11.1 Å². The largest absolute Gasteiger partial charge is 0.507 e. The van der Waals surface area contributed by atoms with E-state index in [9.17, 15) is 27.8 Å². The molecule has 3 rings (SSSR count). The van der Waals surface area contributed by atoms with Crippen molar-refractivity contribution in [2.45, 2.75) is 4.90 Å². The van der Waals surface area contributed by atoms with Crippen LogP contribution in [0.1, 0.15) is 10.4 Å². The summed E-state index contributed by atoms with van der Waals surface area (Å²) >= 11 is 0. The van der Waals surface area contributed by atoms with Crippen molar-refractivity contribution in [3.8, 4) is 22.6 Å². The van der Waals surface area contributed by atoms with Gasteiger partial charge in [0.1, 0.15) is 22.9 Å². The molecule has 0 saturated carbocycles. The molecule has 29 heavy (non-hydrogen) atoms. The molecule has 7 nitrogen and oxygen atoms in total. The Kier molecular flexibility index (Phi) is 5.42. The predicted octanol–water partition coefficient (Wildman–Crippen LogP) is 3.49. The van der Waals surface area contributed by atoms with Gasteiger partial charge in [-0.1, -0.05) is 12.1 Å². The Morgan fingerprint density at radius 2 is 1.76 bits per heavy atom. The molecule has 0 saturated heterocycles. The number of hydrogen-bond acceptors (Lipinski definition) is 6. The molecule has 0 aliphatic rings. The van der Waals surface area contributed by atoms with E-state index in [-0.39, 0.29) is 27.5 Å². The van der Waals surface area contributed by atoms with Crippen molar-refractivity contribution in [1.29, 1.82) is 0 Å². The van der Waals surface area contributed by atoms with E-state index in [0.717, 1.165) is 25.3 Å². The van der Waals surface area contributed by atoms with Crippen molar-refractivity contribution in [2.75, 3.05) is 11.8 Å². The van der Waals surface area contributed by atoms with Gasteiger partial charge in [-0.3, -0.25) is 4.72 Å². The van der Waals surface area contributed by atoms with Crippen molar-refractivity contribution in [3.63, 3.8) is 0 Å². The molecule has 9 heteroatoms. The van der Waals surface area contributed by atoms with E-state index >= 15 is 0 Å². The lowest BCUT2D eigenvalue weighted by Crippen LogP contribution is -2.13. The summed E-state index contributed by atoms with van der Waals surface area (Å²) in [6.45, 7) is 0. The first-order chi connectivity index (χ1) is 13.7. The molecule has 3 N–H and O–H groups in total. The van der Waals surface area contributed by atoms with Gasteiger partial charge in [-0.2, -0.15) is 0 Å². The smallest absolute Gasteiger partial charge is 0.341 e. The van der Waals surface area contributed by atoms with Crippen LogP contribution in [0.3, 0.4) is 0 Å². The number of anilines is 1. The molecule has 0 spiro atoms. The Hall–Kier alpha value is -3.59. The fraction of sp³-hybridized carbons (Fsp3) is 0.0500. The Balaban J connectivity index is 1.93. The molecule has 0 heterocycles. The van der Waals surface area contributed by atoms with E-state index in [0.29, 0.717) is 5.56 Å². The highest BCUT2D eigenvalue weighted by Crippen LogP contribution is 2.32. The number of aromatic hydroxyl groups is 2. The second-order valence-electron chi connectivity index (χ2n) is 6.02. The number of esters is 1. The highest BCUT2D eigenvalue weighted by molar-refractivity contribution is 7.92. The van der Waals surface area contributed by atoms with Gasteiger partial charge in [0.05, 0.1) is 17.7 Å². The van der Waals surface area contributed by atoms with E-state index in [1.54, 1.807) is 0 Å². The van der Waals surface area contributed by atoms with Crippen molar-refractivity contribution in [1.82, 2.24) is 0 Å². The van der Waals surface area contributed by atoms with Crippen LogP contribution in [-0.2, 0) is 14.8 Å². The van der Waals surface area contributed by atoms with Crippen LogP contribution in [0.2, 0.25) is 0 Å². The molecule has 0 aliphatic carbocycles. The lowest BCUT2D eigenvalue weighted by Gasteiger charge is -2.11. The summed E-state index contributed by atoms with van der Waals surface area (Å²) in [7, 11) is -2.92. The van der Waals surface area contributed by atoms with Gasteiger partial charge in [-0.05, 0) is 48.0 Å². The highest BCUT2D eigenvalue weighted by atomic mass is 32.2. The first-order valence-electron chi connectivity index (χ1n) is 8.24. The Labute approximate surface area is 166 Å². The second kappa shape index (κ2) is 7.80. The van der Waals surface area contributed by atoms with Crippen LogP contribution in [0, 0.1) is 5.82 Å². The molecule has 3 aromatic carbocycles. The van der Waals surface area contributed by atoms with E-state index in [1.807, 2.05) is 0 Å². The summed E-state index contributed by atoms with van der Waals surface area (Å²) in [6, 6.07) is 12.5. The van der Waals surface area contributed by atoms with Crippen LogP contribution < -0.4 is 4.72 Å². The van der Waals surface area contributed by atoms with Crippen LogP contribution in [0.5, 0.6) is 11.5 Å². The summed E-state index contributed by atoms with van der Waals surface area (Å²) in [5, 5.41) is 19.9. The number of methoxy groups -OCH3 is 1. The maximum Gasteiger partial charge on any atom is 0.341 e. The first-order valence-corrected chi connectivity index (χ1v) is 9.72. The summed E-state index contributed by atoms with van der Waals surface area (Å²) in [4.78, 5) is 11.4. The van der Waals surface area contributed by atoms with Gasteiger partial charge < -0.3 is 14.9 Å². The summed E-state index contributed by atoms with van der Waals surface area (Å²) < 4.78 is 45.7. The average molecular weight is 417 g/mol. The average Bonchev–Trinajstić information content (AvgIpc) is 2.69. The molecule has 0 atom stereocenters. The molecule has 0 aromatic heterocycles. The third kappa shape index (κ3) is 4.30. The molecule has 3 aromatic rings. The molecule has 0 aliphatic heterocycles. The molecular weight excluding hydrogens is 401 g/mol. The molecular formula is C20H16FNO6S. The standard InChI is InChI=1S/C20H16FNO6S/c1-28-20(25)16-7-6-14(11-19(16)24)22-29(26,27)15-4-2-3-12(9-15)17-10-13(21)5-8-18(17)23/h2-11,22-24H,1H3. The second-order valence-corrected chi connectivity index (χ2v) is 7.70. The van der Waals surface area contributed by atoms with Gasteiger partial charge in [0.2, 0.25) is 0 Å². The van der Waals surface area contributed by atoms with E-state index in [1.165, 1.54) is 42.5 Å². The minimum absolute atomic E-state index is 0.0224. The van der Waals surface area contributed by atoms with Crippen LogP contribution in [0.15, 0.2) is 65.6 Å². The summed E-state index contributed by atoms with van der Waals surface area (Å²) in [5.41, 5.74) is 0.351. The predicted molar refractivity (Wildman–Crippen MR) is 104 cm³/mol. The maximum atomic E-state index is 13.5. The number of halogens is 1. The molecule has 0 radical (unpaired) electrons. The minimum atomic E-state index is -4.07. The Bertz CT molecular complexity index is 1190. The zero-order valence-electron chi connectivity index (χ0n) is 15.1. The molecule has 0 unspecified atom stereocenters. The number of sulfonamides is 1. The Morgan fingerprint density at radius 3 is 2.45 bits per heavy atom. The molecule has 0 fully saturated rings. The first kappa shape index (κ1) is 20.2. The molecule has 0 bridgehead atoms.